The van der Waals surface area contributed by atoms with Crippen molar-refractivity contribution in [2.24, 2.45) is 5.92 Å². The molecule has 1 saturated heterocycles. The number of hydrogen-bond donors (Lipinski definition) is 2. The average molecular weight is 303 g/mol. The highest BCUT2D eigenvalue weighted by Crippen LogP contribution is 2.61. The molecule has 21 heavy (non-hydrogen) atoms. The van der Waals surface area contributed by atoms with Crippen molar-refractivity contribution in [2.75, 3.05) is 6.54 Å². The summed E-state index contributed by atoms with van der Waals surface area (Å²) in [5.74, 6) is 2.00. The van der Waals surface area contributed by atoms with Crippen LogP contribution in [0.2, 0.25) is 0 Å². The van der Waals surface area contributed by atoms with Crippen LogP contribution in [0.3, 0.4) is 0 Å². The van der Waals surface area contributed by atoms with Gasteiger partial charge in [-0.2, -0.15) is 0 Å². The van der Waals surface area contributed by atoms with E-state index in [-0.39, 0.29) is 11.5 Å². The van der Waals surface area contributed by atoms with Crippen molar-refractivity contribution >= 4 is 9.47 Å². The maximum atomic E-state index is 10.5. The molecular formula is C16H18NO3P. The minimum absolute atomic E-state index is 0.0911. The molecule has 0 radical (unpaired) electrons. The molecule has 1 aromatic carbocycles. The molecule has 110 valence electrons. The molecular weight excluding hydrogens is 285 g/mol. The second kappa shape index (κ2) is 4.01. The lowest BCUT2D eigenvalue weighted by Gasteiger charge is -2.53. The molecule has 4 nitrogen and oxygen atoms in total. The summed E-state index contributed by atoms with van der Waals surface area (Å²) in [7, 11) is 2.30. The number of aliphatic hydroxyl groups excluding tert-OH is 1. The van der Waals surface area contributed by atoms with Gasteiger partial charge in [0.25, 0.3) is 0 Å². The Bertz CT molecular complexity index is 661. The van der Waals surface area contributed by atoms with E-state index in [4.69, 9.17) is 9.26 Å². The summed E-state index contributed by atoms with van der Waals surface area (Å²) >= 11 is 0. The molecule has 2 aliphatic carbocycles. The maximum absolute atomic E-state index is 10.5. The third-order valence-electron chi connectivity index (χ3n) is 5.79. The number of piperidine rings is 1. The molecule has 1 fully saturated rings. The Morgan fingerprint density at radius 2 is 2.29 bits per heavy atom. The van der Waals surface area contributed by atoms with Gasteiger partial charge in [0.05, 0.1) is 9.47 Å². The molecule has 2 heterocycles. The third-order valence-corrected chi connectivity index (χ3v) is 6.05. The van der Waals surface area contributed by atoms with Crippen LogP contribution in [-0.4, -0.2) is 29.9 Å². The van der Waals surface area contributed by atoms with E-state index >= 15 is 0 Å². The Labute approximate surface area is 125 Å². The highest BCUT2D eigenvalue weighted by Gasteiger charge is 2.63. The van der Waals surface area contributed by atoms with Crippen LogP contribution in [0.25, 0.3) is 0 Å². The van der Waals surface area contributed by atoms with Crippen molar-refractivity contribution in [1.82, 2.24) is 5.32 Å². The van der Waals surface area contributed by atoms with Crippen molar-refractivity contribution in [3.63, 3.8) is 0 Å². The lowest BCUT2D eigenvalue weighted by molar-refractivity contribution is -0.0175. The molecule has 2 N–H and O–H groups in total. The molecule has 2 bridgehead atoms. The lowest BCUT2D eigenvalue weighted by atomic mass is 9.54. The van der Waals surface area contributed by atoms with Gasteiger partial charge in [-0.3, -0.25) is 0 Å². The molecule has 0 aromatic heterocycles. The maximum Gasteiger partial charge on any atom is 0.166 e. The highest BCUT2D eigenvalue weighted by atomic mass is 31.0. The first-order valence-corrected chi connectivity index (χ1v) is 8.02. The van der Waals surface area contributed by atoms with Gasteiger partial charge in [-0.1, -0.05) is 18.2 Å². The van der Waals surface area contributed by atoms with Gasteiger partial charge >= 0.3 is 0 Å². The molecule has 2 aliphatic heterocycles. The van der Waals surface area contributed by atoms with Gasteiger partial charge in [0.1, 0.15) is 12.2 Å². The zero-order chi connectivity index (χ0) is 14.2. The van der Waals surface area contributed by atoms with E-state index in [1.807, 2.05) is 12.1 Å². The monoisotopic (exact) mass is 303 g/mol. The van der Waals surface area contributed by atoms with Crippen molar-refractivity contribution in [3.05, 3.63) is 35.4 Å². The van der Waals surface area contributed by atoms with Gasteiger partial charge < -0.3 is 19.7 Å². The van der Waals surface area contributed by atoms with Crippen molar-refractivity contribution in [2.45, 2.75) is 36.5 Å². The second-order valence-electron chi connectivity index (χ2n) is 6.54. The third kappa shape index (κ3) is 1.32. The van der Waals surface area contributed by atoms with Crippen LogP contribution in [0.1, 0.15) is 17.5 Å². The molecule has 6 atom stereocenters. The molecule has 1 spiro atoms. The summed E-state index contributed by atoms with van der Waals surface area (Å²) in [5, 5.41) is 14.1. The average Bonchev–Trinajstić information content (AvgIpc) is 2.83. The Balaban J connectivity index is 1.84. The normalized spacial score (nSPS) is 41.4. The molecule has 5 heteroatoms. The zero-order valence-electron chi connectivity index (χ0n) is 11.6. The Morgan fingerprint density at radius 1 is 1.38 bits per heavy atom. The van der Waals surface area contributed by atoms with Crippen LogP contribution in [0, 0.1) is 5.92 Å². The highest BCUT2D eigenvalue weighted by molar-refractivity contribution is 7.10. The predicted octanol–water partition coefficient (Wildman–Crippen LogP) is 1.32. The summed E-state index contributed by atoms with van der Waals surface area (Å²) in [6.07, 6.45) is 5.39. The van der Waals surface area contributed by atoms with Crippen LogP contribution < -0.4 is 14.6 Å². The molecule has 2 unspecified atom stereocenters. The van der Waals surface area contributed by atoms with E-state index in [2.05, 4.69) is 26.9 Å². The smallest absolute Gasteiger partial charge is 0.166 e. The van der Waals surface area contributed by atoms with E-state index < -0.39 is 6.10 Å². The summed E-state index contributed by atoms with van der Waals surface area (Å²) in [6.45, 7) is 0.979. The fraction of sp³-hybridized carbons (Fsp3) is 0.500. The standard InChI is InChI=1S/C16H18NO3P/c18-11-3-2-9-10-7-8-1-4-12(20-21)14-13(8)16(9,5-6-17-10)15(11)19-14/h1-4,9-11,15,17-18H,5-7,21H2/t9?,10-,11+,15+,16+/m1/s1. The van der Waals surface area contributed by atoms with Crippen LogP contribution >= 0.6 is 9.47 Å². The predicted molar refractivity (Wildman–Crippen MR) is 81.6 cm³/mol. The molecule has 0 amide bonds. The summed E-state index contributed by atoms with van der Waals surface area (Å²) in [4.78, 5) is 0. The molecule has 5 rings (SSSR count). The van der Waals surface area contributed by atoms with E-state index in [0.717, 1.165) is 30.9 Å². The van der Waals surface area contributed by atoms with Crippen molar-refractivity contribution in [3.8, 4) is 11.5 Å². The minimum Gasteiger partial charge on any atom is -0.482 e. The summed E-state index contributed by atoms with van der Waals surface area (Å²) < 4.78 is 11.7. The van der Waals surface area contributed by atoms with E-state index in [1.165, 1.54) is 11.1 Å². The lowest BCUT2D eigenvalue weighted by Crippen LogP contribution is -2.64. The molecule has 0 saturated carbocycles. The minimum atomic E-state index is -0.546. The molecule has 4 aliphatic rings. The Hall–Kier alpha value is -1.09. The van der Waals surface area contributed by atoms with E-state index in [0.29, 0.717) is 12.0 Å². The van der Waals surface area contributed by atoms with Crippen molar-refractivity contribution in [1.29, 1.82) is 0 Å². The summed E-state index contributed by atoms with van der Waals surface area (Å²) in [6, 6.07) is 4.58. The largest absolute Gasteiger partial charge is 0.482 e. The number of ether oxygens (including phenoxy) is 1. The summed E-state index contributed by atoms with van der Waals surface area (Å²) in [5.41, 5.74) is 2.54. The van der Waals surface area contributed by atoms with Gasteiger partial charge in [-0.25, -0.2) is 0 Å². The zero-order valence-corrected chi connectivity index (χ0v) is 12.7. The van der Waals surface area contributed by atoms with Gasteiger partial charge in [0.15, 0.2) is 11.5 Å². The SMILES string of the molecule is O[C@H]1C=CC2[C@H]3Cc4ccc(OP)c5c4[C@@]2(CCN3)[C@H]1O5. The van der Waals surface area contributed by atoms with E-state index in [9.17, 15) is 5.11 Å². The van der Waals surface area contributed by atoms with Crippen LogP contribution in [0.4, 0.5) is 0 Å². The quantitative estimate of drug-likeness (QED) is 0.607. The van der Waals surface area contributed by atoms with Gasteiger partial charge in [0, 0.05) is 22.9 Å². The Morgan fingerprint density at radius 3 is 3.14 bits per heavy atom. The number of rotatable bonds is 1. The van der Waals surface area contributed by atoms with E-state index in [1.54, 1.807) is 0 Å². The number of hydrogen-bond acceptors (Lipinski definition) is 4. The number of benzene rings is 1. The first-order valence-electron chi connectivity index (χ1n) is 7.55. The Kier molecular flexibility index (Phi) is 2.38. The fourth-order valence-electron chi connectivity index (χ4n) is 5.06. The van der Waals surface area contributed by atoms with Gasteiger partial charge in [-0.05, 0) is 31.0 Å². The van der Waals surface area contributed by atoms with Gasteiger partial charge in [-0.15, -0.1) is 0 Å². The number of nitrogens with one attached hydrogen (secondary N) is 1. The molecule has 1 aromatic rings. The first-order chi connectivity index (χ1) is 10.3. The topological polar surface area (TPSA) is 50.7 Å². The van der Waals surface area contributed by atoms with Gasteiger partial charge in [0.2, 0.25) is 0 Å². The fourth-order valence-corrected chi connectivity index (χ4v) is 5.25. The van der Waals surface area contributed by atoms with Crippen LogP contribution in [0.5, 0.6) is 11.5 Å². The number of aliphatic hydroxyl groups is 1. The first kappa shape index (κ1) is 12.5. The van der Waals surface area contributed by atoms with Crippen molar-refractivity contribution < 1.29 is 14.4 Å². The van der Waals surface area contributed by atoms with Crippen LogP contribution in [0.15, 0.2) is 24.3 Å². The van der Waals surface area contributed by atoms with Crippen LogP contribution in [-0.2, 0) is 11.8 Å². The second-order valence-corrected chi connectivity index (χ2v) is 6.78.